The van der Waals surface area contributed by atoms with Crippen LogP contribution < -0.4 is 4.74 Å². The van der Waals surface area contributed by atoms with Crippen LogP contribution in [0, 0.1) is 11.7 Å². The summed E-state index contributed by atoms with van der Waals surface area (Å²) in [5.41, 5.74) is 0.944. The summed E-state index contributed by atoms with van der Waals surface area (Å²) < 4.78 is 18.6. The van der Waals surface area contributed by atoms with Gasteiger partial charge in [0.15, 0.2) is 0 Å². The number of amides is 2. The van der Waals surface area contributed by atoms with E-state index in [2.05, 4.69) is 0 Å². The van der Waals surface area contributed by atoms with Gasteiger partial charge in [-0.25, -0.2) is 4.39 Å². The van der Waals surface area contributed by atoms with E-state index >= 15 is 0 Å². The van der Waals surface area contributed by atoms with Crippen LogP contribution in [0.25, 0.3) is 0 Å². The quantitative estimate of drug-likeness (QED) is 0.720. The lowest BCUT2D eigenvalue weighted by molar-refractivity contribution is -0.142. The molecule has 6 heteroatoms. The van der Waals surface area contributed by atoms with Crippen molar-refractivity contribution in [3.63, 3.8) is 0 Å². The Morgan fingerprint density at radius 2 is 1.59 bits per heavy atom. The molecule has 0 saturated carbocycles. The zero-order chi connectivity index (χ0) is 20.6. The molecule has 3 rings (SSSR count). The highest BCUT2D eigenvalue weighted by Gasteiger charge is 2.26. The van der Waals surface area contributed by atoms with Gasteiger partial charge >= 0.3 is 0 Å². The summed E-state index contributed by atoms with van der Waals surface area (Å²) >= 11 is 0. The summed E-state index contributed by atoms with van der Waals surface area (Å²) in [5.74, 6) is 0.428. The second kappa shape index (κ2) is 10.0. The zero-order valence-corrected chi connectivity index (χ0v) is 16.7. The minimum atomic E-state index is -0.275. The number of ether oxygens (including phenoxy) is 1. The minimum Gasteiger partial charge on any atom is -0.493 e. The maximum absolute atomic E-state index is 13.0. The summed E-state index contributed by atoms with van der Waals surface area (Å²) in [7, 11) is 0. The van der Waals surface area contributed by atoms with E-state index in [1.54, 1.807) is 17.0 Å². The van der Waals surface area contributed by atoms with Gasteiger partial charge in [-0.05, 0) is 36.2 Å². The summed E-state index contributed by atoms with van der Waals surface area (Å²) in [6, 6.07) is 15.7. The maximum atomic E-state index is 13.0. The van der Waals surface area contributed by atoms with Gasteiger partial charge in [-0.15, -0.1) is 0 Å². The Kier molecular flexibility index (Phi) is 7.22. The molecule has 1 heterocycles. The summed E-state index contributed by atoms with van der Waals surface area (Å²) in [6.45, 7) is 4.40. The van der Waals surface area contributed by atoms with Crippen LogP contribution in [0.2, 0.25) is 0 Å². The molecule has 1 saturated heterocycles. The Balaban J connectivity index is 1.40. The molecular weight excluding hydrogens is 371 g/mol. The van der Waals surface area contributed by atoms with Gasteiger partial charge in [0.1, 0.15) is 11.6 Å². The Bertz CT molecular complexity index is 803. The van der Waals surface area contributed by atoms with E-state index in [1.165, 1.54) is 12.1 Å². The normalized spacial score (nSPS) is 15.1. The molecule has 29 heavy (non-hydrogen) atoms. The molecule has 1 unspecified atom stereocenters. The Morgan fingerprint density at radius 1 is 0.966 bits per heavy atom. The fourth-order valence-electron chi connectivity index (χ4n) is 3.48. The molecule has 1 fully saturated rings. The van der Waals surface area contributed by atoms with Crippen LogP contribution >= 0.6 is 0 Å². The van der Waals surface area contributed by atoms with Gasteiger partial charge < -0.3 is 14.5 Å². The van der Waals surface area contributed by atoms with E-state index in [0.717, 1.165) is 11.3 Å². The second-order valence-corrected chi connectivity index (χ2v) is 7.35. The van der Waals surface area contributed by atoms with Crippen molar-refractivity contribution >= 4 is 11.8 Å². The van der Waals surface area contributed by atoms with Crippen molar-refractivity contribution in [2.45, 2.75) is 19.8 Å². The lowest BCUT2D eigenvalue weighted by Gasteiger charge is -2.36. The fraction of sp³-hybridized carbons (Fsp3) is 0.391. The molecule has 2 amide bonds. The van der Waals surface area contributed by atoms with E-state index in [-0.39, 0.29) is 23.5 Å². The maximum Gasteiger partial charge on any atom is 0.226 e. The first-order valence-electron chi connectivity index (χ1n) is 10.0. The van der Waals surface area contributed by atoms with Crippen molar-refractivity contribution in [1.29, 1.82) is 0 Å². The number of hydrogen-bond acceptors (Lipinski definition) is 3. The minimum absolute atomic E-state index is 0.0485. The van der Waals surface area contributed by atoms with Crippen LogP contribution in [0.3, 0.4) is 0 Å². The predicted molar refractivity (Wildman–Crippen MR) is 109 cm³/mol. The van der Waals surface area contributed by atoms with Crippen molar-refractivity contribution < 1.29 is 18.7 Å². The second-order valence-electron chi connectivity index (χ2n) is 7.35. The van der Waals surface area contributed by atoms with Crippen LogP contribution in [0.5, 0.6) is 5.75 Å². The number of carbonyl (C=O) groups is 2. The fourth-order valence-corrected chi connectivity index (χ4v) is 3.48. The topological polar surface area (TPSA) is 49.9 Å². The van der Waals surface area contributed by atoms with E-state index < -0.39 is 0 Å². The third-order valence-corrected chi connectivity index (χ3v) is 5.15. The highest BCUT2D eigenvalue weighted by Crippen LogP contribution is 2.15. The summed E-state index contributed by atoms with van der Waals surface area (Å²) in [5, 5.41) is 0. The molecule has 1 aliphatic rings. The number of hydrogen-bond donors (Lipinski definition) is 0. The number of carbonyl (C=O) groups excluding carboxylic acids is 2. The first kappa shape index (κ1) is 20.8. The first-order chi connectivity index (χ1) is 14.0. The van der Waals surface area contributed by atoms with Gasteiger partial charge in [-0.1, -0.05) is 37.3 Å². The first-order valence-corrected chi connectivity index (χ1v) is 10.0. The number of nitrogens with zero attached hydrogens (tertiary/aromatic N) is 2. The van der Waals surface area contributed by atoms with E-state index in [9.17, 15) is 14.0 Å². The van der Waals surface area contributed by atoms with Gasteiger partial charge in [-0.3, -0.25) is 9.59 Å². The molecule has 0 spiro atoms. The van der Waals surface area contributed by atoms with E-state index in [1.807, 2.05) is 42.2 Å². The third kappa shape index (κ3) is 6.04. The van der Waals surface area contributed by atoms with Crippen LogP contribution in [-0.4, -0.2) is 54.4 Å². The highest BCUT2D eigenvalue weighted by atomic mass is 19.1. The molecule has 0 aliphatic carbocycles. The average Bonchev–Trinajstić information content (AvgIpc) is 2.75. The predicted octanol–water partition coefficient (Wildman–Crippen LogP) is 3.14. The molecule has 154 valence electrons. The molecule has 0 bridgehead atoms. The van der Waals surface area contributed by atoms with Crippen molar-refractivity contribution in [3.05, 3.63) is 66.0 Å². The molecule has 0 aromatic heterocycles. The molecule has 5 nitrogen and oxygen atoms in total. The highest BCUT2D eigenvalue weighted by molar-refractivity contribution is 5.80. The smallest absolute Gasteiger partial charge is 0.226 e. The monoisotopic (exact) mass is 398 g/mol. The SMILES string of the molecule is CC(Cc1ccc(F)cc1)C(=O)N1CCN(C(=O)CCOc2ccccc2)CC1. The van der Waals surface area contributed by atoms with Gasteiger partial charge in [0.2, 0.25) is 11.8 Å². The lowest BCUT2D eigenvalue weighted by Crippen LogP contribution is -2.52. The lowest BCUT2D eigenvalue weighted by atomic mass is 9.99. The molecule has 2 aromatic rings. The van der Waals surface area contributed by atoms with Crippen molar-refractivity contribution in [2.75, 3.05) is 32.8 Å². The van der Waals surface area contributed by atoms with Gasteiger partial charge in [-0.2, -0.15) is 0 Å². The molecular formula is C23H27FN2O3. The standard InChI is InChI=1S/C23H27FN2O3/c1-18(17-19-7-9-20(24)10-8-19)23(28)26-14-12-25(13-15-26)22(27)11-16-29-21-5-3-2-4-6-21/h2-10,18H,11-17H2,1H3. The van der Waals surface area contributed by atoms with Crippen LogP contribution in [0.15, 0.2) is 54.6 Å². The zero-order valence-electron chi connectivity index (χ0n) is 16.7. The van der Waals surface area contributed by atoms with Crippen molar-refractivity contribution in [3.8, 4) is 5.75 Å². The van der Waals surface area contributed by atoms with E-state index in [0.29, 0.717) is 45.6 Å². The van der Waals surface area contributed by atoms with Gasteiger partial charge in [0.05, 0.1) is 13.0 Å². The molecule has 1 atom stereocenters. The molecule has 1 aliphatic heterocycles. The van der Waals surface area contributed by atoms with Crippen LogP contribution in [-0.2, 0) is 16.0 Å². The summed E-state index contributed by atoms with van der Waals surface area (Å²) in [4.78, 5) is 28.7. The molecule has 0 N–H and O–H groups in total. The Hall–Kier alpha value is -2.89. The largest absolute Gasteiger partial charge is 0.493 e. The number of rotatable bonds is 7. The van der Waals surface area contributed by atoms with Crippen LogP contribution in [0.4, 0.5) is 4.39 Å². The number of halogens is 1. The summed E-state index contributed by atoms with van der Waals surface area (Å²) in [6.07, 6.45) is 0.902. The number of benzene rings is 2. The Morgan fingerprint density at radius 3 is 2.24 bits per heavy atom. The van der Waals surface area contributed by atoms with E-state index in [4.69, 9.17) is 4.74 Å². The average molecular weight is 398 g/mol. The van der Waals surface area contributed by atoms with Crippen LogP contribution in [0.1, 0.15) is 18.9 Å². The van der Waals surface area contributed by atoms with Crippen molar-refractivity contribution in [1.82, 2.24) is 9.80 Å². The van der Waals surface area contributed by atoms with Crippen molar-refractivity contribution in [2.24, 2.45) is 5.92 Å². The Labute approximate surface area is 171 Å². The molecule has 2 aromatic carbocycles. The third-order valence-electron chi connectivity index (χ3n) is 5.15. The van der Waals surface area contributed by atoms with Gasteiger partial charge in [0.25, 0.3) is 0 Å². The number of para-hydroxylation sites is 1. The number of piperazine rings is 1. The van der Waals surface area contributed by atoms with Gasteiger partial charge in [0, 0.05) is 32.1 Å². The molecule has 0 radical (unpaired) electrons.